The predicted molar refractivity (Wildman–Crippen MR) is 272 cm³/mol. The zero-order chi connectivity index (χ0) is 76.7. The average molecular weight is 1620 g/mol. The Bertz CT molecular complexity index is 3760. The summed E-state index contributed by atoms with van der Waals surface area (Å²) in [6, 6.07) is -8.51. The molecule has 101 heavy (non-hydrogen) atoms. The second-order valence-electron chi connectivity index (χ2n) is 21.6. The summed E-state index contributed by atoms with van der Waals surface area (Å²) in [6.07, 6.45) is -76.1. The zero-order valence-corrected chi connectivity index (χ0v) is 55.1. The van der Waals surface area contributed by atoms with Crippen molar-refractivity contribution in [3.8, 4) is 0 Å². The molecule has 6 fully saturated rings. The summed E-state index contributed by atoms with van der Waals surface area (Å²) in [5, 5.41) is 129. The number of nitrogens with one attached hydrogen (secondary N) is 3. The van der Waals surface area contributed by atoms with Gasteiger partial charge in [-0.3, -0.25) is 25.7 Å². The maximum Gasteiger partial charge on any atom is 0.218 e. The van der Waals surface area contributed by atoms with Crippen LogP contribution in [-0.4, -0.2) is 353 Å². The molecule has 30 atom stereocenters. The predicted octanol–water partition coefficient (Wildman–Crippen LogP) is -20.9. The molecule has 6 heterocycles. The summed E-state index contributed by atoms with van der Waals surface area (Å²) in [7, 11) is -43.5. The van der Waals surface area contributed by atoms with Gasteiger partial charge in [-0.15, -0.1) is 0 Å². The van der Waals surface area contributed by atoms with Gasteiger partial charge in [0, 0.05) is 12.8 Å². The molecule has 0 aromatic heterocycles. The number of aliphatic carboxylic acids is 3. The van der Waals surface area contributed by atoms with E-state index in [1.807, 2.05) is 5.32 Å². The summed E-state index contributed by atoms with van der Waals surface area (Å²) in [6.45, 7) is -3.86. The summed E-state index contributed by atoms with van der Waals surface area (Å²) in [5.74, 6) is -10.3. The van der Waals surface area contributed by atoms with Gasteiger partial charge in [0.2, 0.25) is 57.9 Å². The first-order valence-electron chi connectivity index (χ1n) is 27.0. The Morgan fingerprint density at radius 2 is 0.713 bits per heavy atom. The quantitative estimate of drug-likeness (QED) is 0.0227. The van der Waals surface area contributed by atoms with Gasteiger partial charge in [0.1, 0.15) is 128 Å². The third kappa shape index (κ3) is 23.6. The molecule has 6 saturated heterocycles. The van der Waals surface area contributed by atoms with Crippen LogP contribution in [0.1, 0.15) is 13.8 Å². The minimum atomic E-state index is -6.71. The van der Waals surface area contributed by atoms with E-state index in [0.29, 0.717) is 6.92 Å². The largest absolute Gasteiger partial charge is 0.735 e. The first-order valence-corrected chi connectivity index (χ1v) is 36.5. The molecule has 1 amide bonds. The fraction of sp³-hybridized carbons (Fsp3) is 0.897. The second kappa shape index (κ2) is 33.1. The van der Waals surface area contributed by atoms with Crippen molar-refractivity contribution in [3.05, 3.63) is 0 Å². The molecule has 0 aromatic carbocycles. The van der Waals surface area contributed by atoms with Crippen LogP contribution in [0.3, 0.4) is 0 Å². The van der Waals surface area contributed by atoms with E-state index in [1.165, 1.54) is 0 Å². The van der Waals surface area contributed by atoms with Crippen molar-refractivity contribution in [2.45, 2.75) is 192 Å². The molecule has 0 spiro atoms. The van der Waals surface area contributed by atoms with Gasteiger partial charge in [0.15, 0.2) is 64.5 Å². The summed E-state index contributed by atoms with van der Waals surface area (Å²) < 4.78 is 332. The Hall–Kier alpha value is -3.79. The molecule has 0 radical (unpaired) electrons. The highest BCUT2D eigenvalue weighted by Crippen LogP contribution is 2.39. The fourth-order valence-corrected chi connectivity index (χ4v) is 13.6. The summed E-state index contributed by atoms with van der Waals surface area (Å²) >= 11 is 0. The number of ether oxygens (including phenoxy) is 11. The van der Waals surface area contributed by atoms with Gasteiger partial charge in [0.05, 0.1) is 43.8 Å². The van der Waals surface area contributed by atoms with Gasteiger partial charge in [-0.25, -0.2) is 68.4 Å². The Balaban J connectivity index is 1.39. The molecule has 0 aliphatic carbocycles. The third-order valence-corrected chi connectivity index (χ3v) is 18.0. The topological polar surface area (TPSA) is 883 Å². The number of carbonyl (C=O) groups excluding carboxylic acids is 4. The van der Waals surface area contributed by atoms with Crippen LogP contribution >= 0.6 is 0 Å². The summed E-state index contributed by atoms with van der Waals surface area (Å²) in [5.41, 5.74) is 0. The number of hydrogen-bond donors (Lipinski definition) is 11. The molecule has 0 saturated carbocycles. The van der Waals surface area contributed by atoms with Crippen LogP contribution in [0.25, 0.3) is 0 Å². The van der Waals surface area contributed by atoms with Gasteiger partial charge in [-0.1, -0.05) is 6.92 Å². The van der Waals surface area contributed by atoms with E-state index in [0.717, 1.165) is 16.4 Å². The van der Waals surface area contributed by atoms with Gasteiger partial charge in [0.25, 0.3) is 0 Å². The number of aliphatic hydroxyl groups excluding tert-OH is 8. The number of carboxylic acids is 3. The maximum absolute atomic E-state index is 12.9. The Morgan fingerprint density at radius 3 is 1.14 bits per heavy atom. The Kier molecular flexibility index (Phi) is 28.3. The molecule has 62 heteroatoms. The normalized spacial score (nSPS) is 40.3. The summed E-state index contributed by atoms with van der Waals surface area (Å²) in [4.78, 5) is 50.3. The fourth-order valence-electron chi connectivity index (χ4n) is 10.5. The van der Waals surface area contributed by atoms with Crippen molar-refractivity contribution in [1.82, 2.24) is 14.8 Å². The van der Waals surface area contributed by atoms with Gasteiger partial charge < -0.3 is 160 Å². The highest BCUT2D eigenvalue weighted by Gasteiger charge is 2.60. The van der Waals surface area contributed by atoms with E-state index in [2.05, 4.69) is 20.9 Å². The lowest BCUT2D eigenvalue weighted by Gasteiger charge is -2.52. The standard InChI is InChI=1S/C39H63N3O52S7/c1-6-14(44)18(48)37(85-21(6)31(51)52)86-23-9(4-80-98(67,68)69)83-35(12(16(23)46)40-7(2)43)89-26-17(47)19(49)38(91-29(26)32(53)54)88-24-10(5-81-99(70,71)72)84-36(13(42-96(61,62)63)25(24)93-100(73,74)75)90-27-20(50)28(94-101(76,77)78)39(92-30(27)33(55)56)87-22-8(3-79-97(64,65)66)82-34(57)11(15(22)45)41-95(58,59)60/h6,8-30,34-39,41-42,44-50,57H,3-5H2,1-2H3,(H,40,43)(H,51,52)(H,53,54)(H,55,56)(H,58,59,60)(H,61,62,63)(H,64,65,66)(H,67,68,69)(H,70,71,72)(H,73,74,75)(H,76,77,78)/p-10/t6-,8+,9+,10+,11+,12+,13+,14-,15+,16+,17+,18+,19+,20-,21+,22+,23+,24+,25+,26-,27-,28+,29-,30+,34?,35+,36+,37-,38+,39+/m0/s1. The molecule has 11 N–H and O–H groups in total. The molecular weight excluding hydrogens is 1570 g/mol. The highest BCUT2D eigenvalue weighted by molar-refractivity contribution is 7.84. The number of carboxylic acid groups (broad SMARTS) is 3. The molecule has 55 nitrogen and oxygen atoms in total. The van der Waals surface area contributed by atoms with Crippen LogP contribution in [0.4, 0.5) is 0 Å². The Labute approximate surface area is 565 Å². The monoisotopic (exact) mass is 1620 g/mol. The van der Waals surface area contributed by atoms with Crippen molar-refractivity contribution in [1.29, 1.82) is 0 Å². The minimum absolute atomic E-state index is 0.690. The number of hydrogen-bond acceptors (Lipinski definition) is 52. The lowest BCUT2D eigenvalue weighted by molar-refractivity contribution is -0.391. The SMILES string of the molecule is CC(=O)N[C@H]1[C@@H](O[C@H]2[C@H](O)[C@@H](O)[C@H](O[C@H]3[C@H](OS(=O)(=O)[O-])[C@@H](NS(=O)(=O)[O-])[C@@H](O[C@H]4[C@H](O)[C@@H](OS(=O)(=O)[O-])[C@H](O[C@H]5[C@H](O)[C@@H](NS(=O)(=O)[O-])C(O)O[C@@H]5COS(=O)(=O)[O-])O[C@H]4C(=O)[O-])O[C@@H]3COS(=O)(=O)[O-])O[C@@H]2C(=O)[O-])O[C@H](COS(=O)(=O)[O-])[C@@H](O[C@@H]2O[C@@H](C(=O)[O-])[C@@H](C)[C@H](O)[C@H]2O)[C@@H]1O. The van der Waals surface area contributed by atoms with Gasteiger partial charge in [-0.05, 0) is 0 Å². The van der Waals surface area contributed by atoms with E-state index in [-0.39, 0.29) is 0 Å². The Morgan fingerprint density at radius 1 is 0.366 bits per heavy atom. The van der Waals surface area contributed by atoms with Crippen molar-refractivity contribution < 1.29 is 239 Å². The maximum atomic E-state index is 12.9. The number of amides is 1. The average Bonchev–Trinajstić information content (AvgIpc) is 0.770. The lowest BCUT2D eigenvalue weighted by Crippen LogP contribution is -2.72. The molecule has 6 aliphatic rings. The molecule has 1 unspecified atom stereocenters. The first-order chi connectivity index (χ1) is 45.9. The number of carbonyl (C=O) groups is 4. The van der Waals surface area contributed by atoms with E-state index >= 15 is 0 Å². The molecule has 588 valence electrons. The van der Waals surface area contributed by atoms with Crippen LogP contribution in [0.5, 0.6) is 0 Å². The van der Waals surface area contributed by atoms with Crippen LogP contribution in [-0.2, 0) is 165 Å². The van der Waals surface area contributed by atoms with Gasteiger partial charge >= 0.3 is 0 Å². The molecule has 0 aromatic rings. The number of aliphatic hydroxyl groups is 8. The van der Waals surface area contributed by atoms with Crippen LogP contribution in [0.15, 0.2) is 0 Å². The molecule has 6 rings (SSSR count). The van der Waals surface area contributed by atoms with Crippen molar-refractivity contribution >= 4 is 96.4 Å². The minimum Gasteiger partial charge on any atom is -0.735 e. The second-order valence-corrected chi connectivity index (χ2v) is 29.1. The smallest absolute Gasteiger partial charge is 0.218 e. The van der Waals surface area contributed by atoms with Crippen molar-refractivity contribution in [3.63, 3.8) is 0 Å². The van der Waals surface area contributed by atoms with Crippen LogP contribution in [0.2, 0.25) is 0 Å². The molecular formula is C39H53N3O52S7-10. The lowest BCUT2D eigenvalue weighted by atomic mass is 9.90. The highest BCUT2D eigenvalue weighted by atomic mass is 32.3. The van der Waals surface area contributed by atoms with Crippen LogP contribution < -0.4 is 30.1 Å². The first kappa shape index (κ1) is 86.1. The zero-order valence-electron chi connectivity index (χ0n) is 49.3. The molecule has 0 bridgehead atoms. The third-order valence-electron chi connectivity index (χ3n) is 14.7. The van der Waals surface area contributed by atoms with Gasteiger partial charge in [-0.2, -0.15) is 0 Å². The molecule has 6 aliphatic heterocycles. The van der Waals surface area contributed by atoms with E-state index < -0.39 is 300 Å². The van der Waals surface area contributed by atoms with E-state index in [1.54, 1.807) is 0 Å². The number of rotatable bonds is 31. The van der Waals surface area contributed by atoms with E-state index in [9.17, 15) is 166 Å². The van der Waals surface area contributed by atoms with Crippen molar-refractivity contribution in [2.75, 3.05) is 19.8 Å². The van der Waals surface area contributed by atoms with Crippen LogP contribution in [0, 0.1) is 5.92 Å². The van der Waals surface area contributed by atoms with Crippen molar-refractivity contribution in [2.24, 2.45) is 5.92 Å². The van der Waals surface area contributed by atoms with E-state index in [4.69, 9.17) is 52.1 Å².